The molecule has 0 bridgehead atoms. The Kier molecular flexibility index (Phi) is 8.43. The summed E-state index contributed by atoms with van der Waals surface area (Å²) in [4.78, 5) is 12.3. The molecule has 0 aromatic heterocycles. The summed E-state index contributed by atoms with van der Waals surface area (Å²) in [6.45, 7) is 18.1. The maximum atomic E-state index is 12.3. The van der Waals surface area contributed by atoms with Crippen LogP contribution in [0, 0.1) is 0 Å². The third kappa shape index (κ3) is 5.86. The molecule has 7 nitrogen and oxygen atoms in total. The van der Waals surface area contributed by atoms with Gasteiger partial charge in [0, 0.05) is 0 Å². The van der Waals surface area contributed by atoms with E-state index in [1.807, 2.05) is 48.5 Å². The highest BCUT2D eigenvalue weighted by Gasteiger charge is 2.52. The highest BCUT2D eigenvalue weighted by molar-refractivity contribution is 6.52. The van der Waals surface area contributed by atoms with Crippen LogP contribution in [0.5, 0.6) is 5.75 Å². The topological polar surface area (TPSA) is 72.5 Å². The van der Waals surface area contributed by atoms with Gasteiger partial charge in [-0.15, -0.1) is 6.58 Å². The van der Waals surface area contributed by atoms with Gasteiger partial charge in [0.25, 0.3) is 0 Å². The Hall–Kier alpha value is -1.77. The zero-order valence-corrected chi connectivity index (χ0v) is 23.4. The van der Waals surface area contributed by atoms with Crippen LogP contribution in [0.2, 0.25) is 5.02 Å². The maximum Gasteiger partial charge on any atom is 0.487 e. The zero-order valence-electron chi connectivity index (χ0n) is 22.6. The van der Waals surface area contributed by atoms with Crippen LogP contribution in [0.3, 0.4) is 0 Å². The van der Waals surface area contributed by atoms with Gasteiger partial charge in [-0.25, -0.2) is 4.79 Å². The van der Waals surface area contributed by atoms with Gasteiger partial charge in [-0.1, -0.05) is 29.6 Å². The van der Waals surface area contributed by atoms with Gasteiger partial charge in [-0.05, 0) is 79.0 Å². The van der Waals surface area contributed by atoms with Crippen LogP contribution in [0.25, 0.3) is 6.08 Å². The van der Waals surface area contributed by atoms with E-state index in [9.17, 15) is 4.79 Å². The van der Waals surface area contributed by atoms with Crippen LogP contribution in [0.1, 0.15) is 77.2 Å². The van der Waals surface area contributed by atoms with Crippen LogP contribution in [0.4, 0.5) is 0 Å². The Balaban J connectivity index is 1.73. The van der Waals surface area contributed by atoms with Gasteiger partial charge in [-0.2, -0.15) is 0 Å². The number of rotatable bonds is 9. The molecule has 0 saturated carbocycles. The molecule has 2 aliphatic heterocycles. The summed E-state index contributed by atoms with van der Waals surface area (Å²) in [5.74, 6) is 3.34. The Morgan fingerprint density at radius 2 is 1.61 bits per heavy atom. The van der Waals surface area contributed by atoms with Gasteiger partial charge in [0.15, 0.2) is 0 Å². The highest BCUT2D eigenvalue weighted by Crippen LogP contribution is 2.41. The van der Waals surface area contributed by atoms with E-state index >= 15 is 0 Å². The van der Waals surface area contributed by atoms with Crippen LogP contribution >= 0.6 is 11.6 Å². The first-order chi connectivity index (χ1) is 16.6. The van der Waals surface area contributed by atoms with E-state index in [0.717, 1.165) is 0 Å². The molecule has 2 heterocycles. The van der Waals surface area contributed by atoms with Gasteiger partial charge in [0.2, 0.25) is 0 Å². The number of carbonyl (C=O) groups is 1. The fraction of sp³-hybridized carbons (Fsp3) is 0.577. The molecule has 0 amide bonds. The van der Waals surface area contributed by atoms with Crippen molar-refractivity contribution in [3.63, 3.8) is 0 Å². The second-order valence-corrected chi connectivity index (χ2v) is 11.3. The van der Waals surface area contributed by atoms with E-state index in [1.165, 1.54) is 7.11 Å². The maximum absolute atomic E-state index is 12.3. The van der Waals surface area contributed by atoms with Crippen LogP contribution < -0.4 is 4.74 Å². The minimum absolute atomic E-state index is 0.333. The number of methoxy groups -OCH3 is 1. The minimum atomic E-state index is -0.547. The highest BCUT2D eigenvalue weighted by atomic mass is 35.5. The molecule has 2 aliphatic rings. The molecular weight excluding hydrogens is 481 g/mol. The normalized spacial score (nSPS) is 24.4. The van der Waals surface area contributed by atoms with Crippen LogP contribution in [0.15, 0.2) is 30.7 Å². The number of ether oxygens (including phenoxy) is 2. The molecule has 1 aromatic rings. The monoisotopic (exact) mass is 518 g/mol. The fourth-order valence-corrected chi connectivity index (χ4v) is 4.34. The second kappa shape index (κ2) is 10.5. The van der Waals surface area contributed by atoms with Gasteiger partial charge in [0.1, 0.15) is 5.75 Å². The first-order valence-corrected chi connectivity index (χ1v) is 12.6. The third-order valence-electron chi connectivity index (χ3n) is 7.50. The van der Waals surface area contributed by atoms with Crippen molar-refractivity contribution in [2.75, 3.05) is 13.7 Å². The lowest BCUT2D eigenvalue weighted by Gasteiger charge is -2.36. The standard InChI is InChI=1S/C26H37B2ClO7/c1-10-27-35-25(6,7)26(8,36-27)13-11-15-32-20-17-19(22(30)31-9)16-18(21(20)29)12-14-28-33-23(2,3)24(4,5)34-28/h10,12,14,16-17H,1,11,13,15H2,2-9H3. The molecule has 0 radical (unpaired) electrons. The first-order valence-electron chi connectivity index (χ1n) is 12.2. The Bertz CT molecular complexity index is 1010. The predicted molar refractivity (Wildman–Crippen MR) is 143 cm³/mol. The van der Waals surface area contributed by atoms with Crippen molar-refractivity contribution in [1.29, 1.82) is 0 Å². The van der Waals surface area contributed by atoms with E-state index in [4.69, 9.17) is 39.7 Å². The minimum Gasteiger partial charge on any atom is -0.492 e. The SMILES string of the molecule is C=CB1OC(C)(C)C(C)(CCCOc2cc(C(=O)OC)cc(C=CB3OC(C)(C)C(C)(C)O3)c2Cl)O1. The fourth-order valence-electron chi connectivity index (χ4n) is 4.12. The Labute approximate surface area is 220 Å². The third-order valence-corrected chi connectivity index (χ3v) is 7.91. The average molecular weight is 519 g/mol. The summed E-state index contributed by atoms with van der Waals surface area (Å²) in [5.41, 5.74) is -0.958. The lowest BCUT2D eigenvalue weighted by molar-refractivity contribution is -0.0188. The van der Waals surface area contributed by atoms with Gasteiger partial charge < -0.3 is 28.1 Å². The molecule has 2 fully saturated rings. The second-order valence-electron chi connectivity index (χ2n) is 10.9. The van der Waals surface area contributed by atoms with E-state index in [1.54, 1.807) is 30.2 Å². The summed E-state index contributed by atoms with van der Waals surface area (Å²) >= 11 is 6.68. The number of benzene rings is 1. The first kappa shape index (κ1) is 28.8. The van der Waals surface area contributed by atoms with Crippen molar-refractivity contribution in [3.8, 4) is 5.75 Å². The molecule has 10 heteroatoms. The van der Waals surface area contributed by atoms with E-state index in [-0.39, 0.29) is 0 Å². The lowest BCUT2D eigenvalue weighted by Crippen LogP contribution is -2.44. The van der Waals surface area contributed by atoms with Crippen molar-refractivity contribution < 1.29 is 32.9 Å². The molecule has 3 rings (SSSR count). The van der Waals surface area contributed by atoms with E-state index in [0.29, 0.717) is 41.3 Å². The summed E-state index contributed by atoms with van der Waals surface area (Å²) < 4.78 is 35.0. The number of halogens is 1. The van der Waals surface area contributed by atoms with E-state index < -0.39 is 42.6 Å². The Morgan fingerprint density at radius 3 is 2.17 bits per heavy atom. The molecule has 1 unspecified atom stereocenters. The zero-order chi connectivity index (χ0) is 26.9. The quantitative estimate of drug-likeness (QED) is 0.235. The van der Waals surface area contributed by atoms with Crippen molar-refractivity contribution in [2.24, 2.45) is 0 Å². The molecule has 196 valence electrons. The number of esters is 1. The summed E-state index contributed by atoms with van der Waals surface area (Å²) in [7, 11) is 0.352. The molecule has 0 N–H and O–H groups in total. The van der Waals surface area contributed by atoms with Crippen molar-refractivity contribution in [3.05, 3.63) is 46.8 Å². The summed E-state index contributed by atoms with van der Waals surface area (Å²) in [6.07, 6.45) is 3.16. The summed E-state index contributed by atoms with van der Waals surface area (Å²) in [5, 5.41) is 0.383. The summed E-state index contributed by atoms with van der Waals surface area (Å²) in [6, 6.07) is 3.25. The van der Waals surface area contributed by atoms with Gasteiger partial charge in [-0.3, -0.25) is 0 Å². The van der Waals surface area contributed by atoms with Crippen molar-refractivity contribution in [1.82, 2.24) is 0 Å². The van der Waals surface area contributed by atoms with Crippen molar-refractivity contribution in [2.45, 2.75) is 83.7 Å². The lowest BCUT2D eigenvalue weighted by atomic mass is 9.84. The van der Waals surface area contributed by atoms with Crippen LogP contribution in [-0.2, 0) is 23.4 Å². The molecule has 2 saturated heterocycles. The largest absolute Gasteiger partial charge is 0.492 e. The molecule has 1 aromatic carbocycles. The van der Waals surface area contributed by atoms with Gasteiger partial charge in [0.05, 0.1) is 46.7 Å². The predicted octanol–water partition coefficient (Wildman–Crippen LogP) is 5.73. The van der Waals surface area contributed by atoms with Crippen molar-refractivity contribution >= 4 is 37.9 Å². The average Bonchev–Trinajstić information content (AvgIpc) is 3.16. The number of hydrogen-bond acceptors (Lipinski definition) is 7. The number of carbonyl (C=O) groups excluding carboxylic acids is 1. The molecular formula is C26H37B2ClO7. The molecule has 0 spiro atoms. The van der Waals surface area contributed by atoms with E-state index in [2.05, 4.69) is 6.58 Å². The van der Waals surface area contributed by atoms with Crippen LogP contribution in [-0.4, -0.2) is 56.3 Å². The molecule has 0 aliphatic carbocycles. The molecule has 1 atom stereocenters. The molecule has 36 heavy (non-hydrogen) atoms. The van der Waals surface area contributed by atoms with Gasteiger partial charge >= 0.3 is 20.2 Å². The Morgan fingerprint density at radius 1 is 1.00 bits per heavy atom. The number of hydrogen-bond donors (Lipinski definition) is 0. The smallest absolute Gasteiger partial charge is 0.487 e.